The SMILES string of the molecule is Cc1ccc(N)c(C(=O)NCc2ccccc2Br)c1. The van der Waals surface area contributed by atoms with Gasteiger partial charge in [0.05, 0.1) is 5.56 Å². The van der Waals surface area contributed by atoms with Crippen LogP contribution in [0.3, 0.4) is 0 Å². The monoisotopic (exact) mass is 318 g/mol. The molecule has 0 radical (unpaired) electrons. The molecule has 2 aromatic rings. The van der Waals surface area contributed by atoms with Gasteiger partial charge >= 0.3 is 0 Å². The van der Waals surface area contributed by atoms with Crippen LogP contribution in [0.4, 0.5) is 5.69 Å². The lowest BCUT2D eigenvalue weighted by Crippen LogP contribution is -2.24. The average Bonchev–Trinajstić information content (AvgIpc) is 2.40. The first-order valence-corrected chi connectivity index (χ1v) is 6.75. The molecule has 0 heterocycles. The van der Waals surface area contributed by atoms with Crippen LogP contribution in [0, 0.1) is 6.92 Å². The summed E-state index contributed by atoms with van der Waals surface area (Å²) in [5, 5.41) is 2.88. The normalized spacial score (nSPS) is 10.2. The van der Waals surface area contributed by atoms with E-state index in [2.05, 4.69) is 21.2 Å². The molecule has 0 aliphatic rings. The fraction of sp³-hybridized carbons (Fsp3) is 0.133. The van der Waals surface area contributed by atoms with Gasteiger partial charge in [-0.15, -0.1) is 0 Å². The molecule has 4 heteroatoms. The van der Waals surface area contributed by atoms with Crippen molar-refractivity contribution >= 4 is 27.5 Å². The van der Waals surface area contributed by atoms with Crippen LogP contribution in [0.2, 0.25) is 0 Å². The molecule has 0 spiro atoms. The lowest BCUT2D eigenvalue weighted by atomic mass is 10.1. The fourth-order valence-corrected chi connectivity index (χ4v) is 2.20. The number of hydrogen-bond donors (Lipinski definition) is 2. The number of halogens is 1. The molecule has 0 aliphatic heterocycles. The van der Waals surface area contributed by atoms with Crippen molar-refractivity contribution < 1.29 is 4.79 Å². The average molecular weight is 319 g/mol. The summed E-state index contributed by atoms with van der Waals surface area (Å²) in [6.07, 6.45) is 0. The molecule has 19 heavy (non-hydrogen) atoms. The molecule has 0 saturated heterocycles. The van der Waals surface area contributed by atoms with Gasteiger partial charge in [0.2, 0.25) is 0 Å². The van der Waals surface area contributed by atoms with Crippen molar-refractivity contribution in [2.75, 3.05) is 5.73 Å². The highest BCUT2D eigenvalue weighted by molar-refractivity contribution is 9.10. The third-order valence-electron chi connectivity index (χ3n) is 2.85. The van der Waals surface area contributed by atoms with Crippen LogP contribution in [-0.4, -0.2) is 5.91 Å². The third-order valence-corrected chi connectivity index (χ3v) is 3.62. The minimum absolute atomic E-state index is 0.156. The van der Waals surface area contributed by atoms with E-state index >= 15 is 0 Å². The van der Waals surface area contributed by atoms with Crippen LogP contribution in [0.25, 0.3) is 0 Å². The molecular weight excluding hydrogens is 304 g/mol. The van der Waals surface area contributed by atoms with Crippen LogP contribution in [0.1, 0.15) is 21.5 Å². The number of nitrogen functional groups attached to an aromatic ring is 1. The van der Waals surface area contributed by atoms with Gasteiger partial charge in [-0.2, -0.15) is 0 Å². The van der Waals surface area contributed by atoms with Crippen LogP contribution in [0.5, 0.6) is 0 Å². The number of carbonyl (C=O) groups is 1. The van der Waals surface area contributed by atoms with Crippen molar-refractivity contribution in [3.63, 3.8) is 0 Å². The van der Waals surface area contributed by atoms with Gasteiger partial charge in [0.1, 0.15) is 0 Å². The predicted molar refractivity (Wildman–Crippen MR) is 80.9 cm³/mol. The van der Waals surface area contributed by atoms with E-state index in [-0.39, 0.29) is 5.91 Å². The lowest BCUT2D eigenvalue weighted by Gasteiger charge is -2.09. The van der Waals surface area contributed by atoms with Crippen molar-refractivity contribution in [3.8, 4) is 0 Å². The first-order valence-electron chi connectivity index (χ1n) is 5.95. The molecule has 98 valence electrons. The Balaban J connectivity index is 2.10. The largest absolute Gasteiger partial charge is 0.398 e. The van der Waals surface area contributed by atoms with Crippen molar-refractivity contribution in [1.82, 2.24) is 5.32 Å². The number of rotatable bonds is 3. The number of carbonyl (C=O) groups excluding carboxylic acids is 1. The summed E-state index contributed by atoms with van der Waals surface area (Å²) in [5.74, 6) is -0.156. The van der Waals surface area contributed by atoms with Crippen LogP contribution in [-0.2, 0) is 6.54 Å². The van der Waals surface area contributed by atoms with E-state index in [1.807, 2.05) is 37.3 Å². The van der Waals surface area contributed by atoms with Crippen molar-refractivity contribution in [1.29, 1.82) is 0 Å². The highest BCUT2D eigenvalue weighted by Crippen LogP contribution is 2.17. The zero-order chi connectivity index (χ0) is 13.8. The summed E-state index contributed by atoms with van der Waals surface area (Å²) in [6, 6.07) is 13.2. The molecule has 0 unspecified atom stereocenters. The minimum atomic E-state index is -0.156. The van der Waals surface area contributed by atoms with Gasteiger partial charge in [0.25, 0.3) is 5.91 Å². The van der Waals surface area contributed by atoms with Gasteiger partial charge in [-0.3, -0.25) is 4.79 Å². The number of amides is 1. The Kier molecular flexibility index (Phi) is 4.22. The number of nitrogens with two attached hydrogens (primary N) is 1. The molecule has 1 amide bonds. The van der Waals surface area contributed by atoms with Crippen molar-refractivity contribution in [3.05, 3.63) is 63.6 Å². The van der Waals surface area contributed by atoms with Crippen molar-refractivity contribution in [2.24, 2.45) is 0 Å². The molecule has 2 aromatic carbocycles. The quantitative estimate of drug-likeness (QED) is 0.853. The van der Waals surface area contributed by atoms with Gasteiger partial charge < -0.3 is 11.1 Å². The number of hydrogen-bond acceptors (Lipinski definition) is 2. The maximum Gasteiger partial charge on any atom is 0.253 e. The summed E-state index contributed by atoms with van der Waals surface area (Å²) in [4.78, 5) is 12.1. The first-order chi connectivity index (χ1) is 9.08. The first kappa shape index (κ1) is 13.6. The molecule has 0 fully saturated rings. The summed E-state index contributed by atoms with van der Waals surface area (Å²) >= 11 is 3.45. The van der Waals surface area contributed by atoms with Gasteiger partial charge in [0, 0.05) is 16.7 Å². The Morgan fingerprint density at radius 3 is 2.74 bits per heavy atom. The summed E-state index contributed by atoms with van der Waals surface area (Å²) in [7, 11) is 0. The molecule has 3 N–H and O–H groups in total. The molecule has 3 nitrogen and oxygen atoms in total. The highest BCUT2D eigenvalue weighted by Gasteiger charge is 2.10. The number of anilines is 1. The summed E-state index contributed by atoms with van der Waals surface area (Å²) < 4.78 is 0.979. The molecule has 2 rings (SSSR count). The summed E-state index contributed by atoms with van der Waals surface area (Å²) in [5.41, 5.74) is 8.88. The molecule has 0 saturated carbocycles. The van der Waals surface area contributed by atoms with E-state index in [4.69, 9.17) is 5.73 Å². The molecular formula is C15H15BrN2O. The molecule has 0 aliphatic carbocycles. The van der Waals surface area contributed by atoms with Crippen LogP contribution < -0.4 is 11.1 Å². The Labute approximate surface area is 121 Å². The molecule has 0 bridgehead atoms. The Morgan fingerprint density at radius 2 is 2.00 bits per heavy atom. The van der Waals surface area contributed by atoms with E-state index < -0.39 is 0 Å². The smallest absolute Gasteiger partial charge is 0.253 e. The lowest BCUT2D eigenvalue weighted by molar-refractivity contribution is 0.0951. The molecule has 0 aromatic heterocycles. The minimum Gasteiger partial charge on any atom is -0.398 e. The molecule has 0 atom stereocenters. The number of nitrogens with one attached hydrogen (secondary N) is 1. The maximum atomic E-state index is 12.1. The van der Waals surface area contributed by atoms with Gasteiger partial charge in [-0.1, -0.05) is 45.8 Å². The predicted octanol–water partition coefficient (Wildman–Crippen LogP) is 3.27. The van der Waals surface area contributed by atoms with Gasteiger partial charge in [-0.05, 0) is 30.7 Å². The second-order valence-corrected chi connectivity index (χ2v) is 5.22. The van der Waals surface area contributed by atoms with Crippen LogP contribution in [0.15, 0.2) is 46.9 Å². The zero-order valence-corrected chi connectivity index (χ0v) is 12.2. The van der Waals surface area contributed by atoms with Crippen molar-refractivity contribution in [2.45, 2.75) is 13.5 Å². The van der Waals surface area contributed by atoms with E-state index in [1.165, 1.54) is 0 Å². The van der Waals surface area contributed by atoms with Crippen LogP contribution >= 0.6 is 15.9 Å². The van der Waals surface area contributed by atoms with Gasteiger partial charge in [-0.25, -0.2) is 0 Å². The fourth-order valence-electron chi connectivity index (χ4n) is 1.78. The standard InChI is InChI=1S/C15H15BrN2O/c1-10-6-7-14(17)12(8-10)15(19)18-9-11-4-2-3-5-13(11)16/h2-8H,9,17H2,1H3,(H,18,19). The Morgan fingerprint density at radius 1 is 1.26 bits per heavy atom. The maximum absolute atomic E-state index is 12.1. The van der Waals surface area contributed by atoms with E-state index in [0.29, 0.717) is 17.8 Å². The zero-order valence-electron chi connectivity index (χ0n) is 10.6. The second-order valence-electron chi connectivity index (χ2n) is 4.36. The summed E-state index contributed by atoms with van der Waals surface area (Å²) in [6.45, 7) is 2.40. The third kappa shape index (κ3) is 3.35. The Hall–Kier alpha value is -1.81. The highest BCUT2D eigenvalue weighted by atomic mass is 79.9. The van der Waals surface area contributed by atoms with E-state index in [0.717, 1.165) is 15.6 Å². The van der Waals surface area contributed by atoms with E-state index in [1.54, 1.807) is 12.1 Å². The number of benzene rings is 2. The van der Waals surface area contributed by atoms with Gasteiger partial charge in [0.15, 0.2) is 0 Å². The Bertz CT molecular complexity index is 611. The number of aryl methyl sites for hydroxylation is 1. The topological polar surface area (TPSA) is 55.1 Å². The second kappa shape index (κ2) is 5.89. The van der Waals surface area contributed by atoms with E-state index in [9.17, 15) is 4.79 Å².